The quantitative estimate of drug-likeness (QED) is 0.892. The van der Waals surface area contributed by atoms with Crippen LogP contribution < -0.4 is 10.1 Å². The molecule has 0 aromatic heterocycles. The molecule has 1 amide bonds. The van der Waals surface area contributed by atoms with Crippen LogP contribution in [0.5, 0.6) is 11.5 Å². The van der Waals surface area contributed by atoms with Crippen LogP contribution in [-0.2, 0) is 11.2 Å². The SMILES string of the molecule is O=C(Cc1ccccc1)NCCC1CCOc2cc(O)ccc21. The minimum atomic E-state index is 0.0502. The van der Waals surface area contributed by atoms with E-state index in [0.717, 1.165) is 29.7 Å². The third kappa shape index (κ3) is 4.03. The lowest BCUT2D eigenvalue weighted by atomic mass is 9.90. The molecular formula is C19H21NO3. The first-order valence-electron chi connectivity index (χ1n) is 7.99. The van der Waals surface area contributed by atoms with E-state index in [-0.39, 0.29) is 11.7 Å². The van der Waals surface area contributed by atoms with E-state index >= 15 is 0 Å². The maximum atomic E-state index is 12.0. The van der Waals surface area contributed by atoms with Gasteiger partial charge < -0.3 is 15.2 Å². The smallest absolute Gasteiger partial charge is 0.224 e. The number of carbonyl (C=O) groups excluding carboxylic acids is 1. The molecule has 1 unspecified atom stereocenters. The van der Waals surface area contributed by atoms with E-state index in [1.165, 1.54) is 0 Å². The number of rotatable bonds is 5. The van der Waals surface area contributed by atoms with Crippen LogP contribution in [0.25, 0.3) is 0 Å². The van der Waals surface area contributed by atoms with Gasteiger partial charge in [0.15, 0.2) is 0 Å². The molecule has 0 saturated carbocycles. The Morgan fingerprint density at radius 2 is 2.04 bits per heavy atom. The van der Waals surface area contributed by atoms with Gasteiger partial charge in [0.1, 0.15) is 11.5 Å². The Balaban J connectivity index is 1.51. The second kappa shape index (κ2) is 7.18. The molecule has 0 fully saturated rings. The Kier molecular flexibility index (Phi) is 4.81. The summed E-state index contributed by atoms with van der Waals surface area (Å²) in [5.41, 5.74) is 2.14. The molecule has 0 spiro atoms. The van der Waals surface area contributed by atoms with E-state index in [1.807, 2.05) is 36.4 Å². The number of aromatic hydroxyl groups is 1. The van der Waals surface area contributed by atoms with Crippen molar-refractivity contribution in [1.82, 2.24) is 5.32 Å². The van der Waals surface area contributed by atoms with Crippen molar-refractivity contribution in [1.29, 1.82) is 0 Å². The van der Waals surface area contributed by atoms with Crippen molar-refractivity contribution in [3.8, 4) is 11.5 Å². The molecule has 4 nitrogen and oxygen atoms in total. The molecule has 0 saturated heterocycles. The molecule has 2 aromatic carbocycles. The van der Waals surface area contributed by atoms with Crippen molar-refractivity contribution in [2.75, 3.05) is 13.2 Å². The maximum absolute atomic E-state index is 12.0. The summed E-state index contributed by atoms with van der Waals surface area (Å²) in [6.07, 6.45) is 2.23. The number of hydrogen-bond acceptors (Lipinski definition) is 3. The zero-order valence-corrected chi connectivity index (χ0v) is 13.0. The Hall–Kier alpha value is -2.49. The van der Waals surface area contributed by atoms with E-state index in [4.69, 9.17) is 4.74 Å². The van der Waals surface area contributed by atoms with Gasteiger partial charge in [-0.1, -0.05) is 36.4 Å². The predicted molar refractivity (Wildman–Crippen MR) is 88.7 cm³/mol. The minimum Gasteiger partial charge on any atom is -0.508 e. The highest BCUT2D eigenvalue weighted by Gasteiger charge is 2.21. The third-order valence-electron chi connectivity index (χ3n) is 4.18. The second-order valence-electron chi connectivity index (χ2n) is 5.86. The first-order valence-corrected chi connectivity index (χ1v) is 7.99. The van der Waals surface area contributed by atoms with Crippen LogP contribution in [0, 0.1) is 0 Å². The number of amides is 1. The van der Waals surface area contributed by atoms with Gasteiger partial charge in [-0.15, -0.1) is 0 Å². The molecule has 1 aliphatic rings. The van der Waals surface area contributed by atoms with Crippen molar-refractivity contribution in [3.63, 3.8) is 0 Å². The fourth-order valence-electron chi connectivity index (χ4n) is 2.98. The fourth-order valence-corrected chi connectivity index (χ4v) is 2.98. The van der Waals surface area contributed by atoms with E-state index in [9.17, 15) is 9.90 Å². The van der Waals surface area contributed by atoms with E-state index in [0.29, 0.717) is 25.5 Å². The highest BCUT2D eigenvalue weighted by molar-refractivity contribution is 5.78. The normalized spacial score (nSPS) is 16.3. The number of benzene rings is 2. The lowest BCUT2D eigenvalue weighted by molar-refractivity contribution is -0.120. The van der Waals surface area contributed by atoms with Crippen LogP contribution >= 0.6 is 0 Å². The minimum absolute atomic E-state index is 0.0502. The van der Waals surface area contributed by atoms with Gasteiger partial charge >= 0.3 is 0 Å². The third-order valence-corrected chi connectivity index (χ3v) is 4.18. The van der Waals surface area contributed by atoms with Crippen molar-refractivity contribution in [3.05, 3.63) is 59.7 Å². The van der Waals surface area contributed by atoms with Crippen molar-refractivity contribution >= 4 is 5.91 Å². The van der Waals surface area contributed by atoms with Crippen molar-refractivity contribution in [2.24, 2.45) is 0 Å². The molecule has 1 heterocycles. The van der Waals surface area contributed by atoms with E-state index in [1.54, 1.807) is 12.1 Å². The Morgan fingerprint density at radius 3 is 2.87 bits per heavy atom. The topological polar surface area (TPSA) is 58.6 Å². The summed E-state index contributed by atoms with van der Waals surface area (Å²) in [5.74, 6) is 1.39. The first-order chi connectivity index (χ1) is 11.2. The van der Waals surface area contributed by atoms with Crippen LogP contribution in [0.3, 0.4) is 0 Å². The first kappa shape index (κ1) is 15.4. The molecule has 0 radical (unpaired) electrons. The Morgan fingerprint density at radius 1 is 1.22 bits per heavy atom. The summed E-state index contributed by atoms with van der Waals surface area (Å²) in [6, 6.07) is 15.0. The number of carbonyl (C=O) groups is 1. The van der Waals surface area contributed by atoms with Gasteiger partial charge in [-0.2, -0.15) is 0 Å². The molecule has 120 valence electrons. The number of phenols is 1. The molecule has 3 rings (SSSR count). The molecule has 1 atom stereocenters. The van der Waals surface area contributed by atoms with Crippen LogP contribution in [0.1, 0.15) is 29.9 Å². The van der Waals surface area contributed by atoms with Crippen LogP contribution in [0.15, 0.2) is 48.5 Å². The van der Waals surface area contributed by atoms with Gasteiger partial charge in [-0.05, 0) is 36.0 Å². The summed E-state index contributed by atoms with van der Waals surface area (Å²) < 4.78 is 5.59. The average Bonchev–Trinajstić information content (AvgIpc) is 2.55. The highest BCUT2D eigenvalue weighted by atomic mass is 16.5. The molecule has 0 aliphatic carbocycles. The molecule has 4 heteroatoms. The van der Waals surface area contributed by atoms with Crippen molar-refractivity contribution in [2.45, 2.75) is 25.2 Å². The van der Waals surface area contributed by atoms with Gasteiger partial charge in [-0.3, -0.25) is 4.79 Å². The van der Waals surface area contributed by atoms with Crippen molar-refractivity contribution < 1.29 is 14.6 Å². The van der Waals surface area contributed by atoms with Gasteiger partial charge in [-0.25, -0.2) is 0 Å². The number of phenolic OH excluding ortho intramolecular Hbond substituents is 1. The summed E-state index contributed by atoms with van der Waals surface area (Å²) in [6.45, 7) is 1.30. The zero-order valence-electron chi connectivity index (χ0n) is 13.0. The summed E-state index contributed by atoms with van der Waals surface area (Å²) in [5, 5.41) is 12.5. The molecular weight excluding hydrogens is 290 g/mol. The van der Waals surface area contributed by atoms with Crippen LogP contribution in [-0.4, -0.2) is 24.2 Å². The van der Waals surface area contributed by atoms with Crippen LogP contribution in [0.2, 0.25) is 0 Å². The van der Waals surface area contributed by atoms with Gasteiger partial charge in [0, 0.05) is 12.6 Å². The zero-order chi connectivity index (χ0) is 16.1. The molecule has 23 heavy (non-hydrogen) atoms. The molecule has 0 bridgehead atoms. The van der Waals surface area contributed by atoms with E-state index in [2.05, 4.69) is 5.32 Å². The lowest BCUT2D eigenvalue weighted by Crippen LogP contribution is -2.28. The molecule has 1 aliphatic heterocycles. The predicted octanol–water partition coefficient (Wildman–Crippen LogP) is 3.01. The van der Waals surface area contributed by atoms with Gasteiger partial charge in [0.25, 0.3) is 0 Å². The van der Waals surface area contributed by atoms with Gasteiger partial charge in [0.2, 0.25) is 5.91 Å². The second-order valence-corrected chi connectivity index (χ2v) is 5.86. The Labute approximate surface area is 136 Å². The average molecular weight is 311 g/mol. The standard InChI is InChI=1S/C19H21NO3/c21-16-6-7-17-15(9-11-23-18(17)13-16)8-10-20-19(22)12-14-4-2-1-3-5-14/h1-7,13,15,21H,8-12H2,(H,20,22). The monoisotopic (exact) mass is 311 g/mol. The molecule has 2 aromatic rings. The number of ether oxygens (including phenoxy) is 1. The highest BCUT2D eigenvalue weighted by Crippen LogP contribution is 2.37. The van der Waals surface area contributed by atoms with Crippen LogP contribution in [0.4, 0.5) is 0 Å². The summed E-state index contributed by atoms with van der Waals surface area (Å²) in [7, 11) is 0. The molecule has 2 N–H and O–H groups in total. The van der Waals surface area contributed by atoms with E-state index < -0.39 is 0 Å². The largest absolute Gasteiger partial charge is 0.508 e. The number of nitrogens with one attached hydrogen (secondary N) is 1. The lowest BCUT2D eigenvalue weighted by Gasteiger charge is -2.26. The fraction of sp³-hybridized carbons (Fsp3) is 0.316. The number of hydrogen-bond donors (Lipinski definition) is 2. The maximum Gasteiger partial charge on any atom is 0.224 e. The summed E-state index contributed by atoms with van der Waals surface area (Å²) >= 11 is 0. The summed E-state index contributed by atoms with van der Waals surface area (Å²) in [4.78, 5) is 12.0. The van der Waals surface area contributed by atoms with Gasteiger partial charge in [0.05, 0.1) is 13.0 Å². The number of fused-ring (bicyclic) bond motifs is 1. The Bertz CT molecular complexity index is 670.